The van der Waals surface area contributed by atoms with E-state index in [0.29, 0.717) is 17.3 Å². The fraction of sp³-hybridized carbons (Fsp3) is 0.556. The maximum Gasteiger partial charge on any atom is 0.251 e. The molecule has 4 rings (SSSR count). The van der Waals surface area contributed by atoms with E-state index in [9.17, 15) is 4.79 Å². The molecule has 1 saturated heterocycles. The summed E-state index contributed by atoms with van der Waals surface area (Å²) in [6.07, 6.45) is 6.98. The Morgan fingerprint density at radius 2 is 2.17 bits per heavy atom. The average Bonchev–Trinajstić information content (AvgIpc) is 3.11. The number of ether oxygens (including phenoxy) is 1. The summed E-state index contributed by atoms with van der Waals surface area (Å²) < 4.78 is 7.05. The Morgan fingerprint density at radius 1 is 1.38 bits per heavy atom. The van der Waals surface area contributed by atoms with Gasteiger partial charge in [0.1, 0.15) is 0 Å². The first-order valence-corrected chi connectivity index (χ1v) is 9.48. The fourth-order valence-electron chi connectivity index (χ4n) is 4.10. The number of aromatic nitrogens is 1. The minimum atomic E-state index is -0.0339. The minimum Gasteiger partial charge on any atom is -0.375 e. The van der Waals surface area contributed by atoms with Gasteiger partial charge in [0.15, 0.2) is 5.13 Å². The van der Waals surface area contributed by atoms with Crippen molar-refractivity contribution in [2.24, 2.45) is 0 Å². The Balaban J connectivity index is 1.48. The fourth-order valence-corrected chi connectivity index (χ4v) is 4.95. The van der Waals surface area contributed by atoms with E-state index >= 15 is 0 Å². The number of carbonyl (C=O) groups is 1. The summed E-state index contributed by atoms with van der Waals surface area (Å²) in [5.41, 5.74) is 8.35. The van der Waals surface area contributed by atoms with Crippen molar-refractivity contribution < 1.29 is 9.53 Å². The van der Waals surface area contributed by atoms with Gasteiger partial charge in [-0.25, -0.2) is 4.98 Å². The molecule has 24 heavy (non-hydrogen) atoms. The maximum absolute atomic E-state index is 12.7. The van der Waals surface area contributed by atoms with Gasteiger partial charge < -0.3 is 15.8 Å². The van der Waals surface area contributed by atoms with Crippen molar-refractivity contribution in [2.75, 3.05) is 12.3 Å². The van der Waals surface area contributed by atoms with Crippen LogP contribution in [-0.2, 0) is 4.74 Å². The molecule has 6 heteroatoms. The van der Waals surface area contributed by atoms with Crippen LogP contribution in [0.2, 0.25) is 0 Å². The number of nitrogens with zero attached hydrogens (tertiary/aromatic N) is 1. The summed E-state index contributed by atoms with van der Waals surface area (Å²) in [7, 11) is 0. The van der Waals surface area contributed by atoms with Gasteiger partial charge in [0.25, 0.3) is 5.91 Å². The van der Waals surface area contributed by atoms with Crippen molar-refractivity contribution >= 4 is 32.6 Å². The molecule has 1 atom stereocenters. The van der Waals surface area contributed by atoms with Gasteiger partial charge in [0.05, 0.1) is 28.5 Å². The number of nitrogens with two attached hydrogens (primary N) is 1. The van der Waals surface area contributed by atoms with E-state index in [1.807, 2.05) is 19.1 Å². The zero-order chi connectivity index (χ0) is 16.7. The Hall–Kier alpha value is -1.66. The number of hydrogen-bond acceptors (Lipinski definition) is 5. The number of aryl methyl sites for hydroxylation is 1. The van der Waals surface area contributed by atoms with Crippen LogP contribution in [0, 0.1) is 6.92 Å². The quantitative estimate of drug-likeness (QED) is 0.874. The molecule has 1 unspecified atom stereocenters. The number of hydrogen-bond donors (Lipinski definition) is 2. The van der Waals surface area contributed by atoms with Crippen LogP contribution in [0.4, 0.5) is 5.13 Å². The van der Waals surface area contributed by atoms with Crippen LogP contribution in [0.3, 0.4) is 0 Å². The van der Waals surface area contributed by atoms with Gasteiger partial charge in [-0.2, -0.15) is 0 Å². The van der Waals surface area contributed by atoms with Crippen molar-refractivity contribution in [1.82, 2.24) is 10.3 Å². The van der Waals surface area contributed by atoms with Gasteiger partial charge in [0, 0.05) is 5.56 Å². The minimum absolute atomic E-state index is 0.0161. The molecule has 1 amide bonds. The number of thiazole rings is 1. The molecule has 1 aromatic carbocycles. The molecule has 2 fully saturated rings. The molecule has 128 valence electrons. The molecule has 2 heterocycles. The van der Waals surface area contributed by atoms with Crippen LogP contribution in [0.1, 0.15) is 54.4 Å². The van der Waals surface area contributed by atoms with E-state index in [0.717, 1.165) is 35.0 Å². The second-order valence-corrected chi connectivity index (χ2v) is 8.18. The predicted octanol–water partition coefficient (Wildman–Crippen LogP) is 3.41. The van der Waals surface area contributed by atoms with Crippen LogP contribution in [0.5, 0.6) is 0 Å². The molecule has 3 N–H and O–H groups in total. The number of nitrogen functional groups attached to an aromatic ring is 1. The van der Waals surface area contributed by atoms with Crippen molar-refractivity contribution in [2.45, 2.75) is 57.1 Å². The summed E-state index contributed by atoms with van der Waals surface area (Å²) in [6.45, 7) is 2.59. The molecular weight excluding hydrogens is 322 g/mol. The van der Waals surface area contributed by atoms with Gasteiger partial charge in [-0.05, 0) is 43.9 Å². The van der Waals surface area contributed by atoms with E-state index in [2.05, 4.69) is 10.3 Å². The van der Waals surface area contributed by atoms with Gasteiger partial charge in [0.2, 0.25) is 0 Å². The molecule has 2 aliphatic rings. The van der Waals surface area contributed by atoms with E-state index < -0.39 is 0 Å². The molecule has 0 radical (unpaired) electrons. The Bertz CT molecular complexity index is 780. The second-order valence-electron chi connectivity index (χ2n) is 7.12. The van der Waals surface area contributed by atoms with Crippen LogP contribution >= 0.6 is 11.3 Å². The average molecular weight is 345 g/mol. The van der Waals surface area contributed by atoms with Crippen molar-refractivity contribution in [1.29, 1.82) is 0 Å². The number of carbonyl (C=O) groups excluding carboxylic acids is 1. The molecular formula is C18H23N3O2S. The number of fused-ring (bicyclic) bond motifs is 1. The SMILES string of the molecule is Cc1cc(C(=O)NC2COC3(CCCCC3)C2)cc2sc(N)nc12. The van der Waals surface area contributed by atoms with Crippen molar-refractivity contribution in [3.8, 4) is 0 Å². The van der Waals surface area contributed by atoms with Gasteiger partial charge in [-0.15, -0.1) is 0 Å². The zero-order valence-corrected chi connectivity index (χ0v) is 14.7. The van der Waals surface area contributed by atoms with Gasteiger partial charge in [-0.1, -0.05) is 30.6 Å². The highest BCUT2D eigenvalue weighted by molar-refractivity contribution is 7.22. The molecule has 5 nitrogen and oxygen atoms in total. The molecule has 1 saturated carbocycles. The normalized spacial score (nSPS) is 23.0. The molecule has 2 aromatic rings. The monoisotopic (exact) mass is 345 g/mol. The van der Waals surface area contributed by atoms with Crippen LogP contribution in [0.15, 0.2) is 12.1 Å². The number of rotatable bonds is 2. The molecule has 1 aliphatic carbocycles. The lowest BCUT2D eigenvalue weighted by Crippen LogP contribution is -2.37. The summed E-state index contributed by atoms with van der Waals surface area (Å²) in [6, 6.07) is 3.89. The van der Waals surface area contributed by atoms with E-state index in [1.54, 1.807) is 0 Å². The van der Waals surface area contributed by atoms with Gasteiger partial charge >= 0.3 is 0 Å². The smallest absolute Gasteiger partial charge is 0.251 e. The van der Waals surface area contributed by atoms with Gasteiger partial charge in [-0.3, -0.25) is 4.79 Å². The van der Waals surface area contributed by atoms with Crippen LogP contribution in [-0.4, -0.2) is 29.1 Å². The number of anilines is 1. The zero-order valence-electron chi connectivity index (χ0n) is 13.9. The van der Waals surface area contributed by atoms with Crippen molar-refractivity contribution in [3.63, 3.8) is 0 Å². The topological polar surface area (TPSA) is 77.2 Å². The first kappa shape index (κ1) is 15.8. The van der Waals surface area contributed by atoms with E-state index in [4.69, 9.17) is 10.5 Å². The summed E-state index contributed by atoms with van der Waals surface area (Å²) in [4.78, 5) is 17.0. The number of amides is 1. The highest BCUT2D eigenvalue weighted by atomic mass is 32.1. The first-order valence-electron chi connectivity index (χ1n) is 8.66. The molecule has 1 spiro atoms. The second kappa shape index (κ2) is 6.01. The molecule has 0 bridgehead atoms. The largest absolute Gasteiger partial charge is 0.375 e. The third-order valence-electron chi connectivity index (χ3n) is 5.27. The predicted molar refractivity (Wildman–Crippen MR) is 96.4 cm³/mol. The highest BCUT2D eigenvalue weighted by Gasteiger charge is 2.41. The number of benzene rings is 1. The van der Waals surface area contributed by atoms with E-state index in [1.165, 1.54) is 30.6 Å². The van der Waals surface area contributed by atoms with Crippen LogP contribution < -0.4 is 11.1 Å². The lowest BCUT2D eigenvalue weighted by molar-refractivity contribution is -0.0246. The Morgan fingerprint density at radius 3 is 2.96 bits per heavy atom. The third-order valence-corrected chi connectivity index (χ3v) is 6.10. The Labute approximate surface area is 145 Å². The number of nitrogens with one attached hydrogen (secondary N) is 1. The van der Waals surface area contributed by atoms with Crippen LogP contribution in [0.25, 0.3) is 10.2 Å². The summed E-state index contributed by atoms with van der Waals surface area (Å²) in [5, 5.41) is 3.69. The lowest BCUT2D eigenvalue weighted by atomic mass is 9.82. The molecule has 1 aromatic heterocycles. The molecule has 1 aliphatic heterocycles. The third kappa shape index (κ3) is 2.89. The highest BCUT2D eigenvalue weighted by Crippen LogP contribution is 2.39. The maximum atomic E-state index is 12.7. The first-order chi connectivity index (χ1) is 11.5. The van der Waals surface area contributed by atoms with E-state index in [-0.39, 0.29) is 17.6 Å². The summed E-state index contributed by atoms with van der Waals surface area (Å²) >= 11 is 1.42. The van der Waals surface area contributed by atoms with Crippen molar-refractivity contribution in [3.05, 3.63) is 23.3 Å². The lowest BCUT2D eigenvalue weighted by Gasteiger charge is -2.32. The summed E-state index contributed by atoms with van der Waals surface area (Å²) in [5.74, 6) is -0.0339. The Kier molecular flexibility index (Phi) is 3.96. The standard InChI is InChI=1S/C18H23N3O2S/c1-11-7-12(8-14-15(11)21-17(19)24-14)16(22)20-13-9-18(23-10-13)5-3-2-4-6-18/h7-8,13H,2-6,9-10H2,1H3,(H2,19,21)(H,20,22).